The number of aliphatic imine (C=N–C) groups is 1. The zero-order chi connectivity index (χ0) is 60.7. The topological polar surface area (TPSA) is 408 Å². The second-order valence-electron chi connectivity index (χ2n) is 21.1. The largest absolute Gasteiger partial charge is 2.00 e. The third-order valence-corrected chi connectivity index (χ3v) is 13.9. The Labute approximate surface area is 533 Å². The molecule has 1 aromatic rings. The standard InChI is InChI=1S/C54H90N18O10S2.Mg.4H2/c1-53-33-57-18-21-60-36-54(37-61-22-19-58-34-53,38-62-23-20-59-35-53)72-52(84)66-17-9-25-81-27-29-82-28-26-80-24-8-16-65-51(83)64-14-6-5-12-41-47(77)69-40(13-7-15-63-50(55)56)46(76)67-32-44(73)68-43(31-45(74)75)49(79)71-42(48(78)70-41)30-39-10-3-2-4-11-39;;;;;/h2-4,10-11,40-43H,5-9,12-38H2,1H3,(H,67,76)(H,68,73)(H,69,77)(H,70,78)(H,71,79)(H,74,75)(H4,55,56,63)(H2,64,65,83)(H2,66,72,84);;4*1H/q-6;+2;;;;/t40-,41-,42+,43-,53?,54?;;;;;/m1...../s1. The number of nitrogens with zero attached hydrogens (tertiary/aromatic N) is 7. The van der Waals surface area contributed by atoms with E-state index in [4.69, 9.17) is 82.0 Å². The number of unbranched alkanes of at least 4 members (excludes halogenated alkanes) is 1. The van der Waals surface area contributed by atoms with E-state index in [0.29, 0.717) is 173 Å². The Kier molecular flexibility index (Phi) is 38.2. The molecule has 4 atom stereocenters. The summed E-state index contributed by atoms with van der Waals surface area (Å²) in [4.78, 5) is 83.6. The minimum absolute atomic E-state index is 0. The molecule has 5 amide bonds. The zero-order valence-electron chi connectivity index (χ0n) is 49.3. The Morgan fingerprint density at radius 2 is 1.08 bits per heavy atom. The van der Waals surface area contributed by atoms with Crippen LogP contribution in [-0.2, 0) is 49.4 Å². The third-order valence-electron chi connectivity index (χ3n) is 13.4. The first kappa shape index (κ1) is 74.3. The van der Waals surface area contributed by atoms with Gasteiger partial charge in [0.25, 0.3) is 0 Å². The minimum Gasteiger partial charge on any atom is -0.663 e. The number of rotatable bonds is 28. The number of carboxylic acids is 1. The molecule has 31 heteroatoms. The van der Waals surface area contributed by atoms with E-state index in [2.05, 4.69) is 59.8 Å². The molecule has 2 bridgehead atoms. The van der Waals surface area contributed by atoms with E-state index in [0.717, 1.165) is 6.42 Å². The summed E-state index contributed by atoms with van der Waals surface area (Å²) in [6, 6.07) is 3.50. The number of benzene rings is 1. The summed E-state index contributed by atoms with van der Waals surface area (Å²) in [5.74, 6) is -5.53. The molecule has 0 saturated carbocycles. The fourth-order valence-electron chi connectivity index (χ4n) is 8.92. The molecule has 0 aromatic heterocycles. The van der Waals surface area contributed by atoms with Crippen molar-refractivity contribution in [3.8, 4) is 0 Å². The van der Waals surface area contributed by atoms with Crippen molar-refractivity contribution in [3.05, 3.63) is 67.8 Å². The van der Waals surface area contributed by atoms with Crippen LogP contribution in [0.3, 0.4) is 0 Å². The number of guanidine groups is 1. The summed E-state index contributed by atoms with van der Waals surface area (Å²) < 4.78 is 17.2. The summed E-state index contributed by atoms with van der Waals surface area (Å²) in [7, 11) is 0. The second-order valence-corrected chi connectivity index (χ2v) is 21.9. The zero-order valence-corrected chi connectivity index (χ0v) is 52.3. The number of ether oxygens (including phenoxy) is 3. The van der Waals surface area contributed by atoms with Crippen molar-refractivity contribution in [1.29, 1.82) is 0 Å². The third kappa shape index (κ3) is 33.1. The Morgan fingerprint density at radius 3 is 1.62 bits per heavy atom. The van der Waals surface area contributed by atoms with Crippen LogP contribution in [0.1, 0.15) is 69.6 Å². The quantitative estimate of drug-likeness (QED) is 0.0177. The molecule has 4 saturated heterocycles. The summed E-state index contributed by atoms with van der Waals surface area (Å²) in [5, 5.41) is 65.3. The molecule has 28 nitrogen and oxygen atoms in total. The molecule has 4 aliphatic rings. The van der Waals surface area contributed by atoms with Gasteiger partial charge < -0.3 is 111 Å². The van der Waals surface area contributed by atoms with E-state index in [9.17, 15) is 33.9 Å². The van der Waals surface area contributed by atoms with Gasteiger partial charge in [-0.25, -0.2) is 0 Å². The van der Waals surface area contributed by atoms with E-state index in [1.54, 1.807) is 30.3 Å². The monoisotopic (exact) mass is 1250 g/mol. The predicted octanol–water partition coefficient (Wildman–Crippen LogP) is 0.373. The van der Waals surface area contributed by atoms with Crippen LogP contribution in [0.4, 0.5) is 0 Å². The Balaban J connectivity index is 0. The summed E-state index contributed by atoms with van der Waals surface area (Å²) in [5.41, 5.74) is 11.0. The van der Waals surface area contributed by atoms with Gasteiger partial charge in [-0.05, 0) is 80.5 Å². The van der Waals surface area contributed by atoms with Gasteiger partial charge in [0, 0.05) is 51.5 Å². The van der Waals surface area contributed by atoms with Gasteiger partial charge in [0.2, 0.25) is 29.5 Å². The van der Waals surface area contributed by atoms with Crippen molar-refractivity contribution < 1.29 is 53.8 Å². The van der Waals surface area contributed by atoms with Gasteiger partial charge in [-0.3, -0.25) is 33.8 Å². The molecule has 4 heterocycles. The number of hydrogen-bond donors (Lipinski definition) is 12. The molecular weight excluding hydrogens is 1150 g/mol. The molecule has 4 fully saturated rings. The van der Waals surface area contributed by atoms with E-state index in [1.165, 1.54) is 0 Å². The van der Waals surface area contributed by atoms with E-state index >= 15 is 0 Å². The first-order chi connectivity index (χ1) is 40.5. The maximum absolute atomic E-state index is 14.1. The number of hydrogen-bond acceptors (Lipinski definition) is 12. The molecule has 482 valence electrons. The van der Waals surface area contributed by atoms with Crippen molar-refractivity contribution in [2.24, 2.45) is 21.9 Å². The number of nitrogens with one attached hydrogen (secondary N) is 9. The average molecular weight is 1250 g/mol. The summed E-state index contributed by atoms with van der Waals surface area (Å²) in [6.45, 7) is 13.6. The molecule has 0 spiro atoms. The predicted molar refractivity (Wildman–Crippen MR) is 345 cm³/mol. The number of thiocarbonyl (C=S) groups is 2. The number of aliphatic carboxylic acids is 1. The van der Waals surface area contributed by atoms with Crippen molar-refractivity contribution in [3.63, 3.8) is 0 Å². The average Bonchev–Trinajstić information content (AvgIpc) is 2.34. The smallest absolute Gasteiger partial charge is 0.663 e. The maximum atomic E-state index is 14.1. The Morgan fingerprint density at radius 1 is 0.624 bits per heavy atom. The van der Waals surface area contributed by atoms with Crippen LogP contribution in [-0.4, -0.2) is 260 Å². The van der Waals surface area contributed by atoms with Crippen LogP contribution >= 0.6 is 24.4 Å². The van der Waals surface area contributed by atoms with Crippen LogP contribution in [0.25, 0.3) is 31.9 Å². The SMILES string of the molecule is CC12C[N-]CC[N-]CC(NC(=S)NCCCOCCOCCOCCCNC(=S)NCCCC[C@H]3NC(=O)[C@H](Cc4ccccc4)NC(=O)[C@@H](CC(=O)O)NC(=O)CNC(=O)[C@@H](CCCN=C(N)N)NC3=O)(C[N-]CC[N-]C1)C[N-]CC[N-]C2.[HH].[HH].[HH].[HH].[Mg+2]. The van der Waals surface area contributed by atoms with Crippen molar-refractivity contribution in [2.45, 2.75) is 94.4 Å². The van der Waals surface area contributed by atoms with E-state index in [1.807, 2.05) is 0 Å². The summed E-state index contributed by atoms with van der Waals surface area (Å²) >= 11 is 11.2. The van der Waals surface area contributed by atoms with Crippen LogP contribution in [0.5, 0.6) is 0 Å². The number of carboxylic acid groups (broad SMARTS) is 1. The fraction of sp³-hybridized carbons (Fsp3) is 0.722. The molecule has 1 aromatic carbocycles. The maximum Gasteiger partial charge on any atom is 2.00 e. The summed E-state index contributed by atoms with van der Waals surface area (Å²) in [6.07, 6.45) is 1.97. The molecule has 85 heavy (non-hydrogen) atoms. The number of fused-ring (bicyclic) bond motifs is 15. The Bertz CT molecular complexity index is 2180. The molecule has 5 rings (SSSR count). The number of nitrogens with two attached hydrogens (primary N) is 2. The number of amides is 5. The number of carbonyl (C=O) groups excluding carboxylic acids is 5. The normalized spacial score (nSPS) is 23.4. The first-order valence-corrected chi connectivity index (χ1v) is 29.8. The van der Waals surface area contributed by atoms with E-state index < -0.39 is 78.2 Å². The number of carbonyl (C=O) groups is 6. The first-order valence-electron chi connectivity index (χ1n) is 28.9. The van der Waals surface area contributed by atoms with Crippen LogP contribution < -0.4 is 59.3 Å². The van der Waals surface area contributed by atoms with Crippen LogP contribution in [0.2, 0.25) is 0 Å². The van der Waals surface area contributed by atoms with Crippen LogP contribution in [0.15, 0.2) is 35.3 Å². The van der Waals surface area contributed by atoms with Crippen LogP contribution in [0, 0.1) is 5.41 Å². The molecule has 0 unspecified atom stereocenters. The molecule has 0 aliphatic carbocycles. The molecular formula is C54H98MgN18O10S2-4. The van der Waals surface area contributed by atoms with Gasteiger partial charge in [0.15, 0.2) is 16.2 Å². The minimum atomic E-state index is -1.59. The van der Waals surface area contributed by atoms with Gasteiger partial charge in [0.1, 0.15) is 24.2 Å². The van der Waals surface area contributed by atoms with Gasteiger partial charge in [-0.2, -0.15) is 39.3 Å². The second kappa shape index (κ2) is 43.7. The van der Waals surface area contributed by atoms with Gasteiger partial charge >= 0.3 is 29.0 Å². The fourth-order valence-corrected chi connectivity index (χ4v) is 9.45. The molecule has 4 aliphatic heterocycles. The Hall–Kier alpha value is -4.90. The van der Waals surface area contributed by atoms with Gasteiger partial charge in [-0.1, -0.05) is 42.7 Å². The van der Waals surface area contributed by atoms with E-state index in [-0.39, 0.29) is 72.4 Å². The van der Waals surface area contributed by atoms with Crippen molar-refractivity contribution in [1.82, 2.24) is 47.9 Å². The van der Waals surface area contributed by atoms with Gasteiger partial charge in [-0.15, -0.1) is 39.3 Å². The van der Waals surface area contributed by atoms with Crippen molar-refractivity contribution >= 4 is 99.2 Å². The molecule has 0 radical (unpaired) electrons. The molecule has 14 N–H and O–H groups in total. The van der Waals surface area contributed by atoms with Gasteiger partial charge in [0.05, 0.1) is 39.4 Å². The van der Waals surface area contributed by atoms with Crippen molar-refractivity contribution in [2.75, 3.05) is 151 Å².